The van der Waals surface area contributed by atoms with Gasteiger partial charge in [0.05, 0.1) is 23.0 Å². The van der Waals surface area contributed by atoms with E-state index in [2.05, 4.69) is 30.7 Å². The normalized spacial score (nSPS) is 11.0. The Morgan fingerprint density at radius 2 is 2.05 bits per heavy atom. The molecule has 3 aromatic heterocycles. The summed E-state index contributed by atoms with van der Waals surface area (Å²) in [7, 11) is 3.76. The van der Waals surface area contributed by atoms with Crippen molar-refractivity contribution in [1.82, 2.24) is 24.7 Å². The van der Waals surface area contributed by atoms with E-state index in [4.69, 9.17) is 0 Å². The van der Waals surface area contributed by atoms with E-state index in [0.717, 1.165) is 33.8 Å². The minimum atomic E-state index is 0.541. The van der Waals surface area contributed by atoms with Gasteiger partial charge in [0.1, 0.15) is 11.5 Å². The summed E-state index contributed by atoms with van der Waals surface area (Å²) < 4.78 is 1.80. The van der Waals surface area contributed by atoms with E-state index < -0.39 is 0 Å². The van der Waals surface area contributed by atoms with Crippen molar-refractivity contribution in [2.24, 2.45) is 7.05 Å². The van der Waals surface area contributed by atoms with Crippen molar-refractivity contribution >= 4 is 28.5 Å². The van der Waals surface area contributed by atoms with Crippen molar-refractivity contribution in [2.45, 2.75) is 13.8 Å². The maximum atomic E-state index is 4.51. The number of aromatic nitrogens is 5. The Bertz CT molecular complexity index is 768. The van der Waals surface area contributed by atoms with E-state index in [1.165, 1.54) is 0 Å². The maximum absolute atomic E-state index is 4.51. The maximum Gasteiger partial charge on any atom is 0.231 e. The Hall–Kier alpha value is -2.57. The highest BCUT2D eigenvalue weighted by atomic mass is 15.3. The molecule has 3 heterocycles. The second-order valence-electron chi connectivity index (χ2n) is 4.73. The standard InChI is InChI=1S/C13H17N7/c1-7-5-15-12-10(7)11(14-3)18-13(19-12)17-9-6-16-20(4)8(9)2/h5-6H,1-4H3,(H3,14,15,17,18,19). The molecule has 7 heteroatoms. The molecule has 0 aliphatic carbocycles. The van der Waals surface area contributed by atoms with Crippen LogP contribution in [0.5, 0.6) is 0 Å². The molecule has 0 bridgehead atoms. The van der Waals surface area contributed by atoms with Crippen molar-refractivity contribution in [3.63, 3.8) is 0 Å². The van der Waals surface area contributed by atoms with Gasteiger partial charge >= 0.3 is 0 Å². The number of hydrogen-bond donors (Lipinski definition) is 3. The van der Waals surface area contributed by atoms with Crippen LogP contribution in [-0.4, -0.2) is 31.8 Å². The summed E-state index contributed by atoms with van der Waals surface area (Å²) in [5.41, 5.74) is 3.86. The van der Waals surface area contributed by atoms with Crippen LogP contribution in [0.2, 0.25) is 0 Å². The molecule has 20 heavy (non-hydrogen) atoms. The van der Waals surface area contributed by atoms with Crippen LogP contribution >= 0.6 is 0 Å². The summed E-state index contributed by atoms with van der Waals surface area (Å²) in [5.74, 6) is 1.34. The number of aryl methyl sites for hydroxylation is 2. The molecular formula is C13H17N7. The Labute approximate surface area is 116 Å². The molecule has 104 valence electrons. The number of rotatable bonds is 3. The third-order valence-electron chi connectivity index (χ3n) is 3.45. The smallest absolute Gasteiger partial charge is 0.231 e. The van der Waals surface area contributed by atoms with E-state index in [1.807, 2.05) is 34.1 Å². The molecule has 0 unspecified atom stereocenters. The molecule has 0 saturated heterocycles. The van der Waals surface area contributed by atoms with Gasteiger partial charge in [0.2, 0.25) is 5.95 Å². The molecule has 0 fully saturated rings. The van der Waals surface area contributed by atoms with Crippen LogP contribution in [-0.2, 0) is 7.05 Å². The van der Waals surface area contributed by atoms with E-state index in [-0.39, 0.29) is 0 Å². The van der Waals surface area contributed by atoms with Gasteiger partial charge in [0.25, 0.3) is 0 Å². The Morgan fingerprint density at radius 1 is 1.25 bits per heavy atom. The molecular weight excluding hydrogens is 254 g/mol. The third kappa shape index (κ3) is 1.87. The summed E-state index contributed by atoms with van der Waals surface area (Å²) in [5, 5.41) is 11.5. The van der Waals surface area contributed by atoms with Crippen LogP contribution in [0.4, 0.5) is 17.5 Å². The van der Waals surface area contributed by atoms with E-state index in [1.54, 1.807) is 10.9 Å². The Balaban J connectivity index is 2.06. The highest BCUT2D eigenvalue weighted by Crippen LogP contribution is 2.26. The second kappa shape index (κ2) is 4.52. The molecule has 0 aliphatic heterocycles. The van der Waals surface area contributed by atoms with Crippen LogP contribution in [0.1, 0.15) is 11.3 Å². The van der Waals surface area contributed by atoms with Crippen molar-refractivity contribution in [3.05, 3.63) is 23.7 Å². The first-order chi connectivity index (χ1) is 9.60. The lowest BCUT2D eigenvalue weighted by molar-refractivity contribution is 0.740. The van der Waals surface area contributed by atoms with E-state index >= 15 is 0 Å². The monoisotopic (exact) mass is 271 g/mol. The van der Waals surface area contributed by atoms with Gasteiger partial charge in [-0.2, -0.15) is 15.1 Å². The van der Waals surface area contributed by atoms with Gasteiger partial charge in [-0.25, -0.2) is 0 Å². The van der Waals surface area contributed by atoms with Crippen molar-refractivity contribution in [1.29, 1.82) is 0 Å². The first-order valence-corrected chi connectivity index (χ1v) is 6.39. The molecule has 0 saturated carbocycles. The molecule has 3 aromatic rings. The fourth-order valence-corrected chi connectivity index (χ4v) is 2.17. The lowest BCUT2D eigenvalue weighted by atomic mass is 10.2. The van der Waals surface area contributed by atoms with Crippen LogP contribution < -0.4 is 10.6 Å². The number of anilines is 3. The lowest BCUT2D eigenvalue weighted by Gasteiger charge is -2.08. The molecule has 3 N–H and O–H groups in total. The Kier molecular flexibility index (Phi) is 2.81. The number of nitrogens with one attached hydrogen (secondary N) is 3. The summed E-state index contributed by atoms with van der Waals surface area (Å²) in [6.07, 6.45) is 3.70. The van der Waals surface area contributed by atoms with Gasteiger partial charge in [-0.3, -0.25) is 4.68 Å². The molecule has 0 atom stereocenters. The first kappa shape index (κ1) is 12.5. The minimum absolute atomic E-state index is 0.541. The van der Waals surface area contributed by atoms with Gasteiger partial charge in [0, 0.05) is 20.3 Å². The van der Waals surface area contributed by atoms with Gasteiger partial charge < -0.3 is 15.6 Å². The summed E-state index contributed by atoms with van der Waals surface area (Å²) in [6, 6.07) is 0. The molecule has 3 rings (SSSR count). The topological polar surface area (TPSA) is 83.4 Å². The number of hydrogen-bond acceptors (Lipinski definition) is 5. The van der Waals surface area contributed by atoms with Crippen LogP contribution in [0.3, 0.4) is 0 Å². The van der Waals surface area contributed by atoms with Gasteiger partial charge in [-0.1, -0.05) is 0 Å². The zero-order valence-corrected chi connectivity index (χ0v) is 11.9. The molecule has 0 aliphatic rings. The quantitative estimate of drug-likeness (QED) is 0.679. The fraction of sp³-hybridized carbons (Fsp3) is 0.308. The summed E-state index contributed by atoms with van der Waals surface area (Å²) >= 11 is 0. The van der Waals surface area contributed by atoms with Crippen LogP contribution in [0.25, 0.3) is 11.0 Å². The van der Waals surface area contributed by atoms with Crippen molar-refractivity contribution in [3.8, 4) is 0 Å². The van der Waals surface area contributed by atoms with Gasteiger partial charge in [0.15, 0.2) is 0 Å². The third-order valence-corrected chi connectivity index (χ3v) is 3.45. The largest absolute Gasteiger partial charge is 0.372 e. The van der Waals surface area contributed by atoms with Crippen LogP contribution in [0.15, 0.2) is 12.4 Å². The van der Waals surface area contributed by atoms with Crippen LogP contribution in [0, 0.1) is 13.8 Å². The number of aromatic amines is 1. The molecule has 0 amide bonds. The second-order valence-corrected chi connectivity index (χ2v) is 4.73. The zero-order valence-electron chi connectivity index (χ0n) is 11.9. The lowest BCUT2D eigenvalue weighted by Crippen LogP contribution is -2.02. The van der Waals surface area contributed by atoms with Gasteiger partial charge in [-0.05, 0) is 19.4 Å². The van der Waals surface area contributed by atoms with E-state index in [0.29, 0.717) is 5.95 Å². The highest BCUT2D eigenvalue weighted by Gasteiger charge is 2.12. The first-order valence-electron chi connectivity index (χ1n) is 6.39. The van der Waals surface area contributed by atoms with Gasteiger partial charge in [-0.15, -0.1) is 0 Å². The fourth-order valence-electron chi connectivity index (χ4n) is 2.17. The SMILES string of the molecule is CNc1nc(Nc2cnn(C)c2C)nc2[nH]cc(C)c12. The summed E-state index contributed by atoms with van der Waals surface area (Å²) in [4.78, 5) is 12.2. The molecule has 0 radical (unpaired) electrons. The number of H-pyrrole nitrogens is 1. The molecule has 0 spiro atoms. The minimum Gasteiger partial charge on any atom is -0.372 e. The molecule has 7 nitrogen and oxygen atoms in total. The predicted molar refractivity (Wildman–Crippen MR) is 79.4 cm³/mol. The molecule has 0 aromatic carbocycles. The average molecular weight is 271 g/mol. The number of nitrogens with zero attached hydrogens (tertiary/aromatic N) is 4. The Morgan fingerprint density at radius 3 is 2.70 bits per heavy atom. The summed E-state index contributed by atoms with van der Waals surface area (Å²) in [6.45, 7) is 4.02. The van der Waals surface area contributed by atoms with E-state index in [9.17, 15) is 0 Å². The average Bonchev–Trinajstić information content (AvgIpc) is 2.96. The van der Waals surface area contributed by atoms with Crippen molar-refractivity contribution in [2.75, 3.05) is 17.7 Å². The number of fused-ring (bicyclic) bond motifs is 1. The predicted octanol–water partition coefficient (Wildman–Crippen LogP) is 2.09. The van der Waals surface area contributed by atoms with Crippen molar-refractivity contribution < 1.29 is 0 Å². The zero-order chi connectivity index (χ0) is 14.3. The highest BCUT2D eigenvalue weighted by molar-refractivity contribution is 5.91.